The van der Waals surface area contributed by atoms with E-state index in [9.17, 15) is 0 Å². The summed E-state index contributed by atoms with van der Waals surface area (Å²) in [6.07, 6.45) is 2.66. The van der Waals surface area contributed by atoms with Crippen molar-refractivity contribution in [3.05, 3.63) is 35.9 Å². The number of fused-ring (bicyclic) bond motifs is 2. The molecule has 0 aromatic heterocycles. The van der Waals surface area contributed by atoms with Gasteiger partial charge in [-0.2, -0.15) is 0 Å². The molecule has 1 heteroatoms. The second-order valence-corrected chi connectivity index (χ2v) is 5.87. The smallest absolute Gasteiger partial charge is 0.0988 e. The molecular weight excluding hydrogens is 208 g/mol. The van der Waals surface area contributed by atoms with Gasteiger partial charge in [-0.1, -0.05) is 44.2 Å². The number of rotatable bonds is 2. The van der Waals surface area contributed by atoms with Gasteiger partial charge in [-0.05, 0) is 42.1 Å². The molecule has 2 bridgehead atoms. The number of methoxy groups -OCH3 is 1. The summed E-state index contributed by atoms with van der Waals surface area (Å²) in [5, 5.41) is 0. The van der Waals surface area contributed by atoms with Crippen LogP contribution in [0.5, 0.6) is 0 Å². The van der Waals surface area contributed by atoms with E-state index >= 15 is 0 Å². The van der Waals surface area contributed by atoms with Gasteiger partial charge in [0.25, 0.3) is 0 Å². The van der Waals surface area contributed by atoms with Crippen molar-refractivity contribution < 1.29 is 4.74 Å². The van der Waals surface area contributed by atoms with Crippen LogP contribution in [0.1, 0.15) is 32.3 Å². The maximum Gasteiger partial charge on any atom is 0.0988 e. The molecule has 92 valence electrons. The molecule has 1 nitrogen and oxygen atoms in total. The molecule has 17 heavy (non-hydrogen) atoms. The molecule has 3 rings (SSSR count). The quantitative estimate of drug-likeness (QED) is 0.750. The van der Waals surface area contributed by atoms with Gasteiger partial charge in [0.15, 0.2) is 0 Å². The highest BCUT2D eigenvalue weighted by atomic mass is 16.5. The normalized spacial score (nSPS) is 44.2. The molecule has 0 saturated heterocycles. The van der Waals surface area contributed by atoms with Crippen molar-refractivity contribution in [3.63, 3.8) is 0 Å². The minimum absolute atomic E-state index is 0.0000926. The van der Waals surface area contributed by atoms with Crippen LogP contribution in [0.15, 0.2) is 30.3 Å². The Morgan fingerprint density at radius 1 is 1.00 bits per heavy atom. The average Bonchev–Trinajstić information content (AvgIpc) is 2.85. The van der Waals surface area contributed by atoms with Crippen LogP contribution in [-0.2, 0) is 10.3 Å². The zero-order valence-corrected chi connectivity index (χ0v) is 11.0. The molecule has 0 amide bonds. The monoisotopic (exact) mass is 230 g/mol. The highest BCUT2D eigenvalue weighted by Gasteiger charge is 2.62. The van der Waals surface area contributed by atoms with Gasteiger partial charge in [0.05, 0.1) is 5.60 Å². The van der Waals surface area contributed by atoms with E-state index in [1.54, 1.807) is 0 Å². The van der Waals surface area contributed by atoms with E-state index in [1.165, 1.54) is 18.4 Å². The first-order chi connectivity index (χ1) is 8.21. The lowest BCUT2D eigenvalue weighted by Gasteiger charge is -2.34. The number of hydrogen-bond donors (Lipinski definition) is 0. The van der Waals surface area contributed by atoms with E-state index in [1.807, 2.05) is 7.11 Å². The SMILES string of the molecule is COC1(c2ccccc2)[C@@H]2CC[C@H]1[C@@H](C)[C@H]2C. The molecule has 5 atom stereocenters. The standard InChI is InChI=1S/C16H22O/c1-11-12(2)15-10-9-14(11)16(15,17-3)13-7-5-4-6-8-13/h4-8,11-12,14-15H,9-10H2,1-3H3/t11-,12+,14-,15+,16?. The number of hydrogen-bond acceptors (Lipinski definition) is 1. The average molecular weight is 230 g/mol. The first-order valence-corrected chi connectivity index (χ1v) is 6.82. The van der Waals surface area contributed by atoms with Gasteiger partial charge in [0, 0.05) is 7.11 Å². The van der Waals surface area contributed by atoms with Crippen LogP contribution in [0.2, 0.25) is 0 Å². The molecule has 2 aliphatic rings. The topological polar surface area (TPSA) is 9.23 Å². The van der Waals surface area contributed by atoms with Gasteiger partial charge in [0.1, 0.15) is 0 Å². The summed E-state index contributed by atoms with van der Waals surface area (Å²) >= 11 is 0. The van der Waals surface area contributed by atoms with Gasteiger partial charge >= 0.3 is 0 Å². The molecule has 1 aromatic rings. The van der Waals surface area contributed by atoms with Crippen molar-refractivity contribution in [2.24, 2.45) is 23.7 Å². The molecule has 0 radical (unpaired) electrons. The summed E-state index contributed by atoms with van der Waals surface area (Å²) in [5.41, 5.74) is 1.39. The van der Waals surface area contributed by atoms with Gasteiger partial charge in [-0.3, -0.25) is 0 Å². The van der Waals surface area contributed by atoms with Crippen molar-refractivity contribution in [1.82, 2.24) is 0 Å². The first-order valence-electron chi connectivity index (χ1n) is 6.82. The first kappa shape index (κ1) is 11.3. The van der Waals surface area contributed by atoms with Crippen LogP contribution < -0.4 is 0 Å². The fraction of sp³-hybridized carbons (Fsp3) is 0.625. The molecule has 0 heterocycles. The number of ether oxygens (including phenoxy) is 1. The molecule has 0 spiro atoms. The Bertz CT molecular complexity index is 381. The molecule has 2 aliphatic carbocycles. The zero-order valence-electron chi connectivity index (χ0n) is 11.0. The highest BCUT2D eigenvalue weighted by molar-refractivity contribution is 5.29. The minimum atomic E-state index is 0.0000926. The van der Waals surface area contributed by atoms with Crippen molar-refractivity contribution >= 4 is 0 Å². The van der Waals surface area contributed by atoms with Gasteiger partial charge < -0.3 is 4.74 Å². The Morgan fingerprint density at radius 3 is 2.00 bits per heavy atom. The molecular formula is C16H22O. The lowest BCUT2D eigenvalue weighted by Crippen LogP contribution is -2.35. The predicted molar refractivity (Wildman–Crippen MR) is 69.7 cm³/mol. The molecule has 1 aromatic carbocycles. The summed E-state index contributed by atoms with van der Waals surface area (Å²) in [4.78, 5) is 0. The second-order valence-electron chi connectivity index (χ2n) is 5.87. The second kappa shape index (κ2) is 3.84. The third kappa shape index (κ3) is 1.29. The van der Waals surface area contributed by atoms with Gasteiger partial charge in [0.2, 0.25) is 0 Å². The van der Waals surface area contributed by atoms with Crippen LogP contribution in [0.4, 0.5) is 0 Å². The molecule has 1 unspecified atom stereocenters. The Labute approximate surface area is 104 Å². The predicted octanol–water partition coefficient (Wildman–Crippen LogP) is 3.84. The summed E-state index contributed by atoms with van der Waals surface area (Å²) in [7, 11) is 1.91. The Kier molecular flexibility index (Phi) is 2.55. The Hall–Kier alpha value is -0.820. The van der Waals surface area contributed by atoms with E-state index < -0.39 is 0 Å². The highest BCUT2D eigenvalue weighted by Crippen LogP contribution is 2.64. The van der Waals surface area contributed by atoms with Crippen LogP contribution in [0.25, 0.3) is 0 Å². The summed E-state index contributed by atoms with van der Waals surface area (Å²) in [6, 6.07) is 10.9. The van der Waals surface area contributed by atoms with E-state index in [4.69, 9.17) is 4.74 Å². The van der Waals surface area contributed by atoms with Crippen LogP contribution in [0.3, 0.4) is 0 Å². The van der Waals surface area contributed by atoms with E-state index in [0.29, 0.717) is 11.8 Å². The Morgan fingerprint density at radius 2 is 1.53 bits per heavy atom. The fourth-order valence-electron chi connectivity index (χ4n) is 4.65. The van der Waals surface area contributed by atoms with Gasteiger partial charge in [-0.25, -0.2) is 0 Å². The van der Waals surface area contributed by atoms with Crippen molar-refractivity contribution in [2.45, 2.75) is 32.3 Å². The van der Waals surface area contributed by atoms with E-state index in [0.717, 1.165) is 11.8 Å². The minimum Gasteiger partial charge on any atom is -0.373 e. The van der Waals surface area contributed by atoms with Crippen molar-refractivity contribution in [3.8, 4) is 0 Å². The molecule has 0 N–H and O–H groups in total. The molecule has 0 aliphatic heterocycles. The van der Waals surface area contributed by atoms with Crippen molar-refractivity contribution in [2.75, 3.05) is 7.11 Å². The summed E-state index contributed by atoms with van der Waals surface area (Å²) < 4.78 is 6.11. The Balaban J connectivity index is 2.10. The largest absolute Gasteiger partial charge is 0.373 e. The lowest BCUT2D eigenvalue weighted by molar-refractivity contribution is -0.0606. The summed E-state index contributed by atoms with van der Waals surface area (Å²) in [5.74, 6) is 2.98. The zero-order chi connectivity index (χ0) is 12.0. The maximum absolute atomic E-state index is 6.11. The van der Waals surface area contributed by atoms with E-state index in [-0.39, 0.29) is 5.60 Å². The van der Waals surface area contributed by atoms with Gasteiger partial charge in [-0.15, -0.1) is 0 Å². The van der Waals surface area contributed by atoms with Crippen molar-refractivity contribution in [1.29, 1.82) is 0 Å². The molecule has 2 fully saturated rings. The number of benzene rings is 1. The van der Waals surface area contributed by atoms with Crippen LogP contribution in [0, 0.1) is 23.7 Å². The fourth-order valence-corrected chi connectivity index (χ4v) is 4.65. The summed E-state index contributed by atoms with van der Waals surface area (Å²) in [6.45, 7) is 4.82. The maximum atomic E-state index is 6.11. The molecule has 2 saturated carbocycles. The van der Waals surface area contributed by atoms with Crippen LogP contribution >= 0.6 is 0 Å². The van der Waals surface area contributed by atoms with Crippen LogP contribution in [-0.4, -0.2) is 7.11 Å². The third-order valence-corrected chi connectivity index (χ3v) is 5.55. The third-order valence-electron chi connectivity index (χ3n) is 5.55. The van der Waals surface area contributed by atoms with E-state index in [2.05, 4.69) is 44.2 Å². The lowest BCUT2D eigenvalue weighted by atomic mass is 9.82.